The Labute approximate surface area is 127 Å². The van der Waals surface area contributed by atoms with Crippen LogP contribution in [0.1, 0.15) is 19.3 Å². The lowest BCUT2D eigenvalue weighted by Crippen LogP contribution is -2.34. The summed E-state index contributed by atoms with van der Waals surface area (Å²) in [6.07, 6.45) is 13.3. The first-order chi connectivity index (χ1) is 9.74. The first kappa shape index (κ1) is 13.8. The molecule has 3 aliphatic rings. The molecule has 2 unspecified atom stereocenters. The molecule has 0 bridgehead atoms. The number of halogens is 1. The van der Waals surface area contributed by atoms with E-state index in [1.807, 2.05) is 24.4 Å². The molecule has 1 aliphatic heterocycles. The van der Waals surface area contributed by atoms with Gasteiger partial charge in [0.15, 0.2) is 0 Å². The van der Waals surface area contributed by atoms with Gasteiger partial charge in [-0.3, -0.25) is 0 Å². The summed E-state index contributed by atoms with van der Waals surface area (Å²) < 4.78 is 6.93. The SMILES string of the molecule is NC1=C(Br)C(OC2C=CC=CN2)CC=C1NCC1CC1. The molecular weight excluding hydrogens is 318 g/mol. The van der Waals surface area contributed by atoms with Crippen LogP contribution in [-0.2, 0) is 4.74 Å². The van der Waals surface area contributed by atoms with E-state index in [9.17, 15) is 0 Å². The van der Waals surface area contributed by atoms with Crippen LogP contribution in [0.5, 0.6) is 0 Å². The van der Waals surface area contributed by atoms with Gasteiger partial charge < -0.3 is 21.1 Å². The molecule has 0 aromatic carbocycles. The summed E-state index contributed by atoms with van der Waals surface area (Å²) in [6, 6.07) is 0. The average molecular weight is 338 g/mol. The highest BCUT2D eigenvalue weighted by atomic mass is 79.9. The van der Waals surface area contributed by atoms with Crippen molar-refractivity contribution in [3.8, 4) is 0 Å². The van der Waals surface area contributed by atoms with Gasteiger partial charge in [-0.2, -0.15) is 0 Å². The Morgan fingerprint density at radius 2 is 2.25 bits per heavy atom. The molecule has 1 heterocycles. The van der Waals surface area contributed by atoms with Gasteiger partial charge in [-0.05, 0) is 43.5 Å². The predicted octanol–water partition coefficient (Wildman–Crippen LogP) is 2.22. The molecule has 5 heteroatoms. The van der Waals surface area contributed by atoms with Crippen LogP contribution in [0.25, 0.3) is 0 Å². The van der Waals surface area contributed by atoms with Crippen molar-refractivity contribution >= 4 is 15.9 Å². The van der Waals surface area contributed by atoms with Crippen LogP contribution >= 0.6 is 15.9 Å². The van der Waals surface area contributed by atoms with E-state index in [1.54, 1.807) is 0 Å². The van der Waals surface area contributed by atoms with Gasteiger partial charge in [0.1, 0.15) is 6.23 Å². The number of rotatable bonds is 5. The Balaban J connectivity index is 1.58. The zero-order valence-corrected chi connectivity index (χ0v) is 12.9. The number of nitrogens with one attached hydrogen (secondary N) is 2. The van der Waals surface area contributed by atoms with Crippen molar-refractivity contribution < 1.29 is 4.74 Å². The third-order valence-electron chi connectivity index (χ3n) is 3.71. The second kappa shape index (κ2) is 6.06. The maximum Gasteiger partial charge on any atom is 0.147 e. The first-order valence-electron chi connectivity index (χ1n) is 7.08. The van der Waals surface area contributed by atoms with Crippen molar-refractivity contribution in [1.82, 2.24) is 10.6 Å². The normalized spacial score (nSPS) is 29.1. The number of hydrogen-bond acceptors (Lipinski definition) is 4. The minimum absolute atomic E-state index is 0.0323. The zero-order chi connectivity index (χ0) is 13.9. The van der Waals surface area contributed by atoms with E-state index in [2.05, 4.69) is 32.6 Å². The largest absolute Gasteiger partial charge is 0.396 e. The van der Waals surface area contributed by atoms with E-state index in [0.29, 0.717) is 0 Å². The molecule has 108 valence electrons. The summed E-state index contributed by atoms with van der Waals surface area (Å²) in [5, 5.41) is 6.59. The quantitative estimate of drug-likeness (QED) is 0.720. The maximum absolute atomic E-state index is 6.19. The molecule has 1 fully saturated rings. The van der Waals surface area contributed by atoms with Gasteiger partial charge in [0, 0.05) is 11.0 Å². The van der Waals surface area contributed by atoms with Crippen LogP contribution in [0.15, 0.2) is 46.4 Å². The van der Waals surface area contributed by atoms with Crippen molar-refractivity contribution in [3.63, 3.8) is 0 Å². The number of hydrogen-bond donors (Lipinski definition) is 3. The average Bonchev–Trinajstić information content (AvgIpc) is 3.28. The van der Waals surface area contributed by atoms with Gasteiger partial charge >= 0.3 is 0 Å². The highest BCUT2D eigenvalue weighted by Gasteiger charge is 2.26. The molecule has 0 aromatic rings. The molecule has 3 rings (SSSR count). The second-order valence-electron chi connectivity index (χ2n) is 5.40. The smallest absolute Gasteiger partial charge is 0.147 e. The lowest BCUT2D eigenvalue weighted by Gasteiger charge is -2.28. The van der Waals surface area contributed by atoms with E-state index in [4.69, 9.17) is 10.5 Å². The van der Waals surface area contributed by atoms with Gasteiger partial charge in [0.2, 0.25) is 0 Å². The summed E-state index contributed by atoms with van der Waals surface area (Å²) in [6.45, 7) is 1.02. The molecule has 20 heavy (non-hydrogen) atoms. The molecule has 2 atom stereocenters. The number of nitrogens with two attached hydrogens (primary N) is 1. The third kappa shape index (κ3) is 3.27. The van der Waals surface area contributed by atoms with Gasteiger partial charge in [-0.15, -0.1) is 0 Å². The molecular formula is C15H20BrN3O. The molecule has 1 saturated carbocycles. The maximum atomic E-state index is 6.19. The van der Waals surface area contributed by atoms with E-state index < -0.39 is 0 Å². The Morgan fingerprint density at radius 1 is 1.40 bits per heavy atom. The summed E-state index contributed by atoms with van der Waals surface area (Å²) >= 11 is 3.59. The molecule has 0 spiro atoms. The fraction of sp³-hybridized carbons (Fsp3) is 0.467. The molecule has 0 saturated heterocycles. The zero-order valence-electron chi connectivity index (χ0n) is 11.3. The Kier molecular flexibility index (Phi) is 4.17. The predicted molar refractivity (Wildman–Crippen MR) is 83.6 cm³/mol. The summed E-state index contributed by atoms with van der Waals surface area (Å²) in [7, 11) is 0. The Bertz CT molecular complexity index is 491. The Hall–Kier alpha value is -1.20. The Morgan fingerprint density at radius 3 is 2.95 bits per heavy atom. The molecule has 4 nitrogen and oxygen atoms in total. The number of ether oxygens (including phenoxy) is 1. The van der Waals surface area contributed by atoms with Crippen LogP contribution in [0.3, 0.4) is 0 Å². The molecule has 4 N–H and O–H groups in total. The number of allylic oxidation sites excluding steroid dienone is 2. The highest BCUT2D eigenvalue weighted by molar-refractivity contribution is 9.11. The first-order valence-corrected chi connectivity index (χ1v) is 7.87. The minimum Gasteiger partial charge on any atom is -0.396 e. The van der Waals surface area contributed by atoms with E-state index in [1.165, 1.54) is 12.8 Å². The van der Waals surface area contributed by atoms with Gasteiger partial charge in [-0.25, -0.2) is 0 Å². The summed E-state index contributed by atoms with van der Waals surface area (Å²) in [5.74, 6) is 0.833. The monoisotopic (exact) mass is 337 g/mol. The fourth-order valence-corrected chi connectivity index (χ4v) is 2.80. The summed E-state index contributed by atoms with van der Waals surface area (Å²) in [4.78, 5) is 0. The van der Waals surface area contributed by atoms with Crippen LogP contribution in [0, 0.1) is 5.92 Å². The van der Waals surface area contributed by atoms with Crippen LogP contribution < -0.4 is 16.4 Å². The van der Waals surface area contributed by atoms with Crippen molar-refractivity contribution in [2.24, 2.45) is 11.7 Å². The third-order valence-corrected chi connectivity index (χ3v) is 4.65. The number of dihydropyridines is 1. The van der Waals surface area contributed by atoms with Crippen LogP contribution in [0.4, 0.5) is 0 Å². The lowest BCUT2D eigenvalue weighted by molar-refractivity contribution is 0.0279. The molecule has 2 aliphatic carbocycles. The standard InChI is InChI=1S/C15H20BrN3O/c16-14-12(20-13-3-1-2-8-18-13)7-6-11(15(14)17)19-9-10-4-5-10/h1-3,6,8,10,12-13,18-19H,4-5,7,9,17H2. The van der Waals surface area contributed by atoms with E-state index in [-0.39, 0.29) is 12.3 Å². The minimum atomic E-state index is -0.0975. The highest BCUT2D eigenvalue weighted by Crippen LogP contribution is 2.31. The topological polar surface area (TPSA) is 59.3 Å². The second-order valence-corrected chi connectivity index (χ2v) is 6.25. The van der Waals surface area contributed by atoms with Crippen molar-refractivity contribution in [1.29, 1.82) is 0 Å². The summed E-state index contributed by atoms with van der Waals surface area (Å²) in [5.41, 5.74) is 7.99. The molecule has 0 aromatic heterocycles. The van der Waals surface area contributed by atoms with E-state index in [0.717, 1.165) is 34.8 Å². The van der Waals surface area contributed by atoms with Crippen molar-refractivity contribution in [2.75, 3.05) is 6.54 Å². The fourth-order valence-electron chi connectivity index (χ4n) is 2.29. The molecule has 0 radical (unpaired) electrons. The van der Waals surface area contributed by atoms with Gasteiger partial charge in [0.05, 0.1) is 17.5 Å². The van der Waals surface area contributed by atoms with Crippen molar-refractivity contribution in [2.45, 2.75) is 31.6 Å². The van der Waals surface area contributed by atoms with E-state index >= 15 is 0 Å². The molecule has 0 amide bonds. The van der Waals surface area contributed by atoms with Crippen molar-refractivity contribution in [3.05, 3.63) is 46.4 Å². The van der Waals surface area contributed by atoms with Crippen LogP contribution in [-0.4, -0.2) is 18.9 Å². The van der Waals surface area contributed by atoms with Gasteiger partial charge in [-0.1, -0.05) is 28.1 Å². The van der Waals surface area contributed by atoms with Gasteiger partial charge in [0.25, 0.3) is 0 Å². The van der Waals surface area contributed by atoms with Crippen LogP contribution in [0.2, 0.25) is 0 Å². The lowest BCUT2D eigenvalue weighted by atomic mass is 10.1.